The smallest absolute Gasteiger partial charge is 0.434 e. The minimum absolute atomic E-state index is 0.189. The predicted octanol–water partition coefficient (Wildman–Crippen LogP) is 10.5. The summed E-state index contributed by atoms with van der Waals surface area (Å²) in [7, 11) is -15.3. The second-order valence-corrected chi connectivity index (χ2v) is 20.3. The summed E-state index contributed by atoms with van der Waals surface area (Å²) in [6.45, 7) is 4.90. The number of aryl methyl sites for hydroxylation is 1. The average Bonchev–Trinajstić information content (AvgIpc) is 3.66. The molecule has 60 heavy (non-hydrogen) atoms. The first-order valence-corrected chi connectivity index (χ1v) is 25.9. The third-order valence-electron chi connectivity index (χ3n) is 9.62. The van der Waals surface area contributed by atoms with Crippen molar-refractivity contribution in [2.75, 3.05) is 19.4 Å². The third-order valence-corrected chi connectivity index (χ3v) is 14.9. The van der Waals surface area contributed by atoms with Gasteiger partial charge in [-0.3, -0.25) is 23.4 Å². The van der Waals surface area contributed by atoms with E-state index in [-0.39, 0.29) is 30.7 Å². The fraction of sp³-hybridized carbons (Fsp3) is 0.675. The highest BCUT2D eigenvalue weighted by molar-refractivity contribution is 7.68. The summed E-state index contributed by atoms with van der Waals surface area (Å²) in [6.07, 6.45) is 20.4. The van der Waals surface area contributed by atoms with Crippen LogP contribution >= 0.6 is 23.2 Å². The van der Waals surface area contributed by atoms with Gasteiger partial charge in [0.2, 0.25) is 0 Å². The van der Waals surface area contributed by atoms with Gasteiger partial charge in [-0.2, -0.15) is 4.31 Å². The number of aromatic nitrogens is 2. The number of aromatic amines is 1. The van der Waals surface area contributed by atoms with E-state index in [1.807, 2.05) is 6.92 Å². The quantitative estimate of drug-likeness (QED) is 0.0204. The van der Waals surface area contributed by atoms with Crippen LogP contribution < -0.4 is 16.0 Å². The lowest BCUT2D eigenvalue weighted by molar-refractivity contribution is -0.0104. The van der Waals surface area contributed by atoms with Gasteiger partial charge in [0, 0.05) is 11.8 Å². The Morgan fingerprint density at radius 2 is 1.32 bits per heavy atom. The predicted molar refractivity (Wildman–Crippen MR) is 227 cm³/mol. The molecule has 0 spiro atoms. The van der Waals surface area contributed by atoms with Crippen molar-refractivity contribution in [2.24, 2.45) is 0 Å². The number of hydrogen-bond acceptors (Lipinski definition) is 13. The van der Waals surface area contributed by atoms with Crippen LogP contribution in [0, 0.1) is 6.92 Å². The van der Waals surface area contributed by atoms with E-state index in [9.17, 15) is 37.9 Å². The van der Waals surface area contributed by atoms with Gasteiger partial charge in [-0.15, -0.1) is 0 Å². The second kappa shape index (κ2) is 27.4. The van der Waals surface area contributed by atoms with Gasteiger partial charge in [-0.25, -0.2) is 23.0 Å². The van der Waals surface area contributed by atoms with Crippen LogP contribution in [0.5, 0.6) is 5.75 Å². The number of phosphoric ester groups is 1. The number of ether oxygens (including phenoxy) is 3. The van der Waals surface area contributed by atoms with Gasteiger partial charge in [-0.05, 0) is 43.5 Å². The van der Waals surface area contributed by atoms with E-state index in [1.165, 1.54) is 114 Å². The molecule has 1 aliphatic rings. The highest BCUT2D eigenvalue weighted by Crippen LogP contribution is 2.69. The molecule has 1 aliphatic heterocycles. The Bertz CT molecular complexity index is 1870. The molecule has 0 saturated carbocycles. The Labute approximate surface area is 353 Å². The van der Waals surface area contributed by atoms with Gasteiger partial charge in [0.15, 0.2) is 6.23 Å². The van der Waals surface area contributed by atoms with Crippen molar-refractivity contribution in [3.63, 3.8) is 0 Å². The van der Waals surface area contributed by atoms with E-state index < -0.39 is 59.6 Å². The Kier molecular flexibility index (Phi) is 23.6. The Morgan fingerprint density at radius 3 is 1.90 bits per heavy atom. The van der Waals surface area contributed by atoms with Gasteiger partial charge in [0.05, 0.1) is 26.0 Å². The number of nitrogens with one attached hydrogen (secondary N) is 1. The summed E-state index contributed by atoms with van der Waals surface area (Å²) in [5, 5.41) is 0. The number of benzene rings is 1. The molecule has 17 nitrogen and oxygen atoms in total. The van der Waals surface area contributed by atoms with Crippen LogP contribution in [0.1, 0.15) is 147 Å². The number of carbonyl (C=O) groups is 1. The van der Waals surface area contributed by atoms with Gasteiger partial charge in [0.1, 0.15) is 11.9 Å². The maximum absolute atomic E-state index is 13.9. The molecular weight excluding hydrogens is 841 g/mol. The molecule has 2 heterocycles. The van der Waals surface area contributed by atoms with Crippen LogP contribution in [0.4, 0.5) is 4.79 Å². The van der Waals surface area contributed by atoms with Gasteiger partial charge in [-0.1, -0.05) is 135 Å². The standard InChI is InChI=1S/C40H65N2O15P3/c1-4-6-8-9-10-11-12-13-14-15-16-17-18-19-20-21-29-58(46,52-31-34-22-24-35(25-23-34)55-40(45)51-28-7-5-2)56-60(49,50)57-59(47,48)53-32-36-26-27-37(54-36)42-30-33(3)38(43)41-39(42)44/h22-27,30,36-37H,4-21,28-29,31-32H2,1-3H3,(H,47,48)(H,49,50)(H,41,43,44)/t36-,37+,58?/m0/s1. The molecule has 0 bridgehead atoms. The van der Waals surface area contributed by atoms with Crippen LogP contribution in [0.15, 0.2) is 52.2 Å². The van der Waals surface area contributed by atoms with E-state index in [4.69, 9.17) is 27.6 Å². The zero-order chi connectivity index (χ0) is 43.9. The molecule has 5 atom stereocenters. The van der Waals surface area contributed by atoms with Crippen molar-refractivity contribution in [3.8, 4) is 5.75 Å². The molecule has 0 fully saturated rings. The summed E-state index contributed by atoms with van der Waals surface area (Å²) in [4.78, 5) is 58.9. The molecule has 1 aromatic carbocycles. The largest absolute Gasteiger partial charge is 0.513 e. The number of carbonyl (C=O) groups excluding carboxylic acids is 1. The van der Waals surface area contributed by atoms with Crippen molar-refractivity contribution >= 4 is 29.4 Å². The molecule has 1 aromatic heterocycles. The zero-order valence-corrected chi connectivity index (χ0v) is 37.9. The highest BCUT2D eigenvalue weighted by Gasteiger charge is 2.43. The molecule has 3 unspecified atom stereocenters. The molecule has 0 amide bonds. The number of unbranched alkanes of at least 4 members (excludes halogenated alkanes) is 16. The molecule has 20 heteroatoms. The summed E-state index contributed by atoms with van der Waals surface area (Å²) < 4.78 is 76.7. The first kappa shape index (κ1) is 51.7. The summed E-state index contributed by atoms with van der Waals surface area (Å²) in [5.41, 5.74) is -0.606. The Hall–Kier alpha value is -2.68. The number of nitrogens with zero attached hydrogens (tertiary/aromatic N) is 1. The first-order chi connectivity index (χ1) is 28.6. The fourth-order valence-electron chi connectivity index (χ4n) is 6.25. The topological polar surface area (TPSA) is 228 Å². The molecule has 3 rings (SSSR count). The van der Waals surface area contributed by atoms with Crippen LogP contribution in [-0.2, 0) is 47.4 Å². The summed E-state index contributed by atoms with van der Waals surface area (Å²) in [5.74, 6) is 0.189. The van der Waals surface area contributed by atoms with Crippen molar-refractivity contribution in [1.82, 2.24) is 9.55 Å². The van der Waals surface area contributed by atoms with Crippen molar-refractivity contribution < 1.29 is 60.2 Å². The average molecular weight is 907 g/mol. The molecule has 3 N–H and O–H groups in total. The van der Waals surface area contributed by atoms with E-state index in [2.05, 4.69) is 16.2 Å². The first-order valence-electron chi connectivity index (χ1n) is 21.2. The van der Waals surface area contributed by atoms with Crippen LogP contribution in [0.3, 0.4) is 0 Å². The number of rotatable bonds is 32. The summed E-state index contributed by atoms with van der Waals surface area (Å²) in [6, 6.07) is 5.98. The SMILES string of the molecule is CCCCCCCCCCCCCCCCCCP(=O)(OCc1ccc(OC(=O)OCCCC)cc1)OP(=O)(O)OP(=O)(O)OC[C@@H]1C=C[C@H](n2cc(C)c(=O)[nH]c2=O)O1. The minimum Gasteiger partial charge on any atom is -0.434 e. The molecule has 2 aromatic rings. The summed E-state index contributed by atoms with van der Waals surface area (Å²) >= 11 is 0. The Morgan fingerprint density at radius 1 is 0.750 bits per heavy atom. The molecule has 340 valence electrons. The maximum Gasteiger partial charge on any atom is 0.513 e. The van der Waals surface area contributed by atoms with Gasteiger partial charge in [0.25, 0.3) is 5.56 Å². The van der Waals surface area contributed by atoms with Gasteiger partial charge >= 0.3 is 35.1 Å². The lowest BCUT2D eigenvalue weighted by Crippen LogP contribution is -2.33. The van der Waals surface area contributed by atoms with Crippen LogP contribution in [0.2, 0.25) is 0 Å². The minimum atomic E-state index is -5.56. The zero-order valence-electron chi connectivity index (χ0n) is 35.2. The maximum atomic E-state index is 13.9. The van der Waals surface area contributed by atoms with E-state index in [0.717, 1.165) is 36.7 Å². The van der Waals surface area contributed by atoms with Crippen LogP contribution in [-0.4, -0.2) is 51.0 Å². The lowest BCUT2D eigenvalue weighted by atomic mass is 10.0. The Balaban J connectivity index is 1.50. The fourth-order valence-corrected chi connectivity index (χ4v) is 11.1. The molecule has 0 radical (unpaired) electrons. The number of hydrogen-bond donors (Lipinski definition) is 3. The second-order valence-electron chi connectivity index (χ2n) is 14.9. The van der Waals surface area contributed by atoms with E-state index in [0.29, 0.717) is 24.8 Å². The van der Waals surface area contributed by atoms with Crippen molar-refractivity contribution in [2.45, 2.75) is 155 Å². The normalized spacial score (nSPS) is 18.1. The van der Waals surface area contributed by atoms with E-state index in [1.54, 1.807) is 0 Å². The third kappa shape index (κ3) is 20.9. The monoisotopic (exact) mass is 906 g/mol. The molecular formula is C40H65N2O15P3. The van der Waals surface area contributed by atoms with Crippen molar-refractivity contribution in [1.29, 1.82) is 0 Å². The molecule has 0 aliphatic carbocycles. The van der Waals surface area contributed by atoms with Crippen LogP contribution in [0.25, 0.3) is 0 Å². The number of H-pyrrole nitrogens is 1. The van der Waals surface area contributed by atoms with E-state index >= 15 is 0 Å². The number of phosphoric acid groups is 2. The lowest BCUT2D eigenvalue weighted by Gasteiger charge is -2.23. The van der Waals surface area contributed by atoms with Crippen molar-refractivity contribution in [3.05, 3.63) is 74.6 Å². The molecule has 0 saturated heterocycles. The van der Waals surface area contributed by atoms with Gasteiger partial charge < -0.3 is 28.5 Å². The highest BCUT2D eigenvalue weighted by atomic mass is 31.3.